The fraction of sp³-hybridized carbons (Fsp3) is 0.538. The third-order valence-corrected chi connectivity index (χ3v) is 3.92. The van der Waals surface area contributed by atoms with Crippen LogP contribution in [0.5, 0.6) is 0 Å². The predicted octanol–water partition coefficient (Wildman–Crippen LogP) is 4.51. The molecule has 16 heavy (non-hydrogen) atoms. The number of rotatable bonds is 3. The lowest BCUT2D eigenvalue weighted by Gasteiger charge is -2.19. The van der Waals surface area contributed by atoms with Crippen LogP contribution >= 0.6 is 23.4 Å². The van der Waals surface area contributed by atoms with Crippen molar-refractivity contribution in [3.63, 3.8) is 0 Å². The van der Waals surface area contributed by atoms with Gasteiger partial charge in [-0.05, 0) is 31.7 Å². The molecule has 0 bridgehead atoms. The number of hydrogen-bond acceptors (Lipinski definition) is 2. The van der Waals surface area contributed by atoms with E-state index >= 15 is 0 Å². The first-order valence-electron chi connectivity index (χ1n) is 5.49. The molecule has 0 fully saturated rings. The number of benzene rings is 1. The average Bonchev–Trinajstić information content (AvgIpc) is 2.18. The molecule has 0 aliphatic heterocycles. The Morgan fingerprint density at radius 3 is 2.38 bits per heavy atom. The minimum Gasteiger partial charge on any atom is -0.313 e. The summed E-state index contributed by atoms with van der Waals surface area (Å²) in [5.41, 5.74) is 1.23. The molecule has 0 amide bonds. The van der Waals surface area contributed by atoms with Crippen LogP contribution in [0.3, 0.4) is 0 Å². The van der Waals surface area contributed by atoms with Gasteiger partial charge in [0, 0.05) is 15.7 Å². The van der Waals surface area contributed by atoms with Crippen LogP contribution in [-0.2, 0) is 0 Å². The quantitative estimate of drug-likeness (QED) is 0.800. The highest BCUT2D eigenvalue weighted by Crippen LogP contribution is 2.37. The van der Waals surface area contributed by atoms with Crippen LogP contribution in [0, 0.1) is 0 Å². The second-order valence-electron chi connectivity index (χ2n) is 4.91. The van der Waals surface area contributed by atoms with E-state index in [0.29, 0.717) is 6.04 Å². The van der Waals surface area contributed by atoms with Gasteiger partial charge in [0.2, 0.25) is 0 Å². The van der Waals surface area contributed by atoms with E-state index in [2.05, 4.69) is 51.2 Å². The standard InChI is InChI=1S/C13H20ClNS/c1-9(15-5)10-6-7-12(11(14)8-10)16-13(2,3)4/h6-9,15H,1-5H3. The van der Waals surface area contributed by atoms with Crippen LogP contribution in [0.2, 0.25) is 5.02 Å². The zero-order valence-electron chi connectivity index (χ0n) is 10.6. The molecule has 1 aromatic rings. The van der Waals surface area contributed by atoms with Crippen LogP contribution in [-0.4, -0.2) is 11.8 Å². The van der Waals surface area contributed by atoms with Gasteiger partial charge in [-0.3, -0.25) is 0 Å². The van der Waals surface area contributed by atoms with E-state index in [0.717, 1.165) is 9.92 Å². The van der Waals surface area contributed by atoms with E-state index in [1.54, 1.807) is 11.8 Å². The summed E-state index contributed by atoms with van der Waals surface area (Å²) < 4.78 is 0.194. The normalized spacial score (nSPS) is 13.9. The van der Waals surface area contributed by atoms with Crippen molar-refractivity contribution in [2.45, 2.75) is 43.4 Å². The molecule has 3 heteroatoms. The van der Waals surface area contributed by atoms with Gasteiger partial charge < -0.3 is 5.32 Å². The molecule has 0 aromatic heterocycles. The van der Waals surface area contributed by atoms with Gasteiger partial charge in [0.05, 0.1) is 5.02 Å². The first kappa shape index (κ1) is 13.9. The monoisotopic (exact) mass is 257 g/mol. The van der Waals surface area contributed by atoms with E-state index in [4.69, 9.17) is 11.6 Å². The topological polar surface area (TPSA) is 12.0 Å². The van der Waals surface area contributed by atoms with Gasteiger partial charge in [-0.1, -0.05) is 38.4 Å². The highest BCUT2D eigenvalue weighted by Gasteiger charge is 2.15. The van der Waals surface area contributed by atoms with Gasteiger partial charge in [-0.15, -0.1) is 11.8 Å². The largest absolute Gasteiger partial charge is 0.313 e. The first-order valence-corrected chi connectivity index (χ1v) is 6.68. The molecule has 1 unspecified atom stereocenters. The Labute approximate surface area is 108 Å². The lowest BCUT2D eigenvalue weighted by molar-refractivity contribution is 0.652. The summed E-state index contributed by atoms with van der Waals surface area (Å²) in [4.78, 5) is 1.15. The van der Waals surface area contributed by atoms with E-state index in [-0.39, 0.29) is 4.75 Å². The Morgan fingerprint density at radius 1 is 1.31 bits per heavy atom. The smallest absolute Gasteiger partial charge is 0.0545 e. The van der Waals surface area contributed by atoms with Crippen LogP contribution < -0.4 is 5.32 Å². The molecule has 1 aromatic carbocycles. The summed E-state index contributed by atoms with van der Waals surface area (Å²) in [5, 5.41) is 4.06. The maximum Gasteiger partial charge on any atom is 0.0545 e. The molecule has 1 rings (SSSR count). The summed E-state index contributed by atoms with van der Waals surface area (Å²) >= 11 is 8.09. The molecule has 0 radical (unpaired) electrons. The van der Waals surface area contributed by atoms with Gasteiger partial charge in [-0.2, -0.15) is 0 Å². The second-order valence-corrected chi connectivity index (χ2v) is 7.19. The molecule has 90 valence electrons. The Hall–Kier alpha value is -0.180. The molecular weight excluding hydrogens is 238 g/mol. The Balaban J connectivity index is 2.92. The van der Waals surface area contributed by atoms with Crippen molar-refractivity contribution < 1.29 is 0 Å². The summed E-state index contributed by atoms with van der Waals surface area (Å²) in [6.45, 7) is 8.70. The molecule has 0 saturated heterocycles. The van der Waals surface area contributed by atoms with Crippen LogP contribution in [0.15, 0.2) is 23.1 Å². The number of halogens is 1. The predicted molar refractivity (Wildman–Crippen MR) is 74.5 cm³/mol. The van der Waals surface area contributed by atoms with Gasteiger partial charge in [-0.25, -0.2) is 0 Å². The number of thioether (sulfide) groups is 1. The number of hydrogen-bond donors (Lipinski definition) is 1. The molecule has 1 N–H and O–H groups in total. The molecule has 0 saturated carbocycles. The summed E-state index contributed by atoms with van der Waals surface area (Å²) in [7, 11) is 1.95. The molecular formula is C13H20ClNS. The van der Waals surface area contributed by atoms with E-state index < -0.39 is 0 Å². The summed E-state index contributed by atoms with van der Waals surface area (Å²) in [6.07, 6.45) is 0. The van der Waals surface area contributed by atoms with E-state index in [1.807, 2.05) is 7.05 Å². The zero-order valence-corrected chi connectivity index (χ0v) is 12.2. The van der Waals surface area contributed by atoms with Crippen molar-refractivity contribution in [1.29, 1.82) is 0 Å². The lowest BCUT2D eigenvalue weighted by Crippen LogP contribution is -2.12. The van der Waals surface area contributed by atoms with Crippen molar-refractivity contribution in [2.24, 2.45) is 0 Å². The molecule has 0 heterocycles. The Morgan fingerprint density at radius 2 is 1.94 bits per heavy atom. The second kappa shape index (κ2) is 5.44. The van der Waals surface area contributed by atoms with Crippen LogP contribution in [0.1, 0.15) is 39.3 Å². The third kappa shape index (κ3) is 4.00. The van der Waals surface area contributed by atoms with Crippen molar-refractivity contribution in [3.05, 3.63) is 28.8 Å². The first-order chi connectivity index (χ1) is 7.33. The van der Waals surface area contributed by atoms with Gasteiger partial charge >= 0.3 is 0 Å². The van der Waals surface area contributed by atoms with Gasteiger partial charge in [0.15, 0.2) is 0 Å². The van der Waals surface area contributed by atoms with Gasteiger partial charge in [0.25, 0.3) is 0 Å². The number of nitrogens with one attached hydrogen (secondary N) is 1. The molecule has 0 spiro atoms. The molecule has 1 atom stereocenters. The van der Waals surface area contributed by atoms with Crippen molar-refractivity contribution in [2.75, 3.05) is 7.05 Å². The molecule has 0 aliphatic rings. The Bertz CT molecular complexity index is 357. The maximum atomic E-state index is 6.29. The van der Waals surface area contributed by atoms with Crippen LogP contribution in [0.25, 0.3) is 0 Å². The average molecular weight is 258 g/mol. The summed E-state index contributed by atoms with van der Waals surface area (Å²) in [5.74, 6) is 0. The van der Waals surface area contributed by atoms with E-state index in [9.17, 15) is 0 Å². The fourth-order valence-corrected chi connectivity index (χ4v) is 2.62. The Kier molecular flexibility index (Phi) is 4.72. The fourth-order valence-electron chi connectivity index (χ4n) is 1.37. The van der Waals surface area contributed by atoms with Crippen LogP contribution in [0.4, 0.5) is 0 Å². The van der Waals surface area contributed by atoms with E-state index in [1.165, 1.54) is 5.56 Å². The highest BCUT2D eigenvalue weighted by molar-refractivity contribution is 8.00. The molecule has 0 aliphatic carbocycles. The SMILES string of the molecule is CNC(C)c1ccc(SC(C)(C)C)c(Cl)c1. The minimum atomic E-state index is 0.194. The van der Waals surface area contributed by atoms with Crippen molar-refractivity contribution >= 4 is 23.4 Å². The van der Waals surface area contributed by atoms with Gasteiger partial charge in [0.1, 0.15) is 0 Å². The minimum absolute atomic E-state index is 0.194. The molecule has 1 nitrogen and oxygen atoms in total. The maximum absolute atomic E-state index is 6.29. The van der Waals surface area contributed by atoms with Crippen molar-refractivity contribution in [3.8, 4) is 0 Å². The summed E-state index contributed by atoms with van der Waals surface area (Å²) in [6, 6.07) is 6.64. The lowest BCUT2D eigenvalue weighted by atomic mass is 10.1. The zero-order chi connectivity index (χ0) is 12.3. The van der Waals surface area contributed by atoms with Crippen molar-refractivity contribution in [1.82, 2.24) is 5.32 Å². The third-order valence-electron chi connectivity index (χ3n) is 2.31. The highest BCUT2D eigenvalue weighted by atomic mass is 35.5.